The molecular weight excluding hydrogens is 262 g/mol. The monoisotopic (exact) mass is 270 g/mol. The van der Waals surface area contributed by atoms with E-state index in [1.165, 1.54) is 12.1 Å². The van der Waals surface area contributed by atoms with E-state index in [-0.39, 0.29) is 17.0 Å². The Morgan fingerprint density at radius 3 is 2.56 bits per heavy atom. The summed E-state index contributed by atoms with van der Waals surface area (Å²) in [5.41, 5.74) is 0.700. The highest BCUT2D eigenvalue weighted by atomic mass is 35.5. The molecule has 0 spiro atoms. The summed E-state index contributed by atoms with van der Waals surface area (Å²) in [7, 11) is 0. The van der Waals surface area contributed by atoms with Gasteiger partial charge in [0.15, 0.2) is 0 Å². The van der Waals surface area contributed by atoms with Crippen molar-refractivity contribution in [3.8, 4) is 5.88 Å². The smallest absolute Gasteiger partial charge is 0.255 e. The minimum absolute atomic E-state index is 0.0993. The molecule has 1 aromatic carbocycles. The summed E-state index contributed by atoms with van der Waals surface area (Å²) in [6.07, 6.45) is 0.452. The zero-order chi connectivity index (χ0) is 13.1. The van der Waals surface area contributed by atoms with Gasteiger partial charge in [-0.1, -0.05) is 12.1 Å². The van der Waals surface area contributed by atoms with Crippen LogP contribution in [0.3, 0.4) is 0 Å². The number of hydrogen-bond donors (Lipinski definition) is 0. The fraction of sp³-hybridized carbons (Fsp3) is 0.167. The number of hydrogen-bond acceptors (Lipinski definition) is 3. The van der Waals surface area contributed by atoms with Crippen LogP contribution in [-0.2, 0) is 0 Å². The van der Waals surface area contributed by atoms with Crippen molar-refractivity contribution in [2.75, 3.05) is 0 Å². The van der Waals surface area contributed by atoms with E-state index in [9.17, 15) is 8.78 Å². The quantitative estimate of drug-likeness (QED) is 0.800. The van der Waals surface area contributed by atoms with Gasteiger partial charge >= 0.3 is 0 Å². The Kier molecular flexibility index (Phi) is 3.72. The summed E-state index contributed by atoms with van der Waals surface area (Å²) in [4.78, 5) is 7.12. The van der Waals surface area contributed by atoms with E-state index in [0.717, 1.165) is 6.20 Å². The molecule has 0 radical (unpaired) electrons. The second kappa shape index (κ2) is 5.27. The molecule has 1 heterocycles. The van der Waals surface area contributed by atoms with Crippen LogP contribution in [0.4, 0.5) is 8.78 Å². The van der Waals surface area contributed by atoms with Gasteiger partial charge in [-0.3, -0.25) is 0 Å². The average molecular weight is 271 g/mol. The standard InChI is InChI=1S/C12H9ClF2N2O/c1-7(8-2-4-9(14)5-3-8)18-11-10(15)6-16-12(13)17-11/h2-7H,1H3/t7-/m0/s1. The molecule has 0 N–H and O–H groups in total. The van der Waals surface area contributed by atoms with Crippen molar-refractivity contribution in [3.05, 3.63) is 52.9 Å². The Labute approximate surface area is 107 Å². The van der Waals surface area contributed by atoms with Crippen molar-refractivity contribution in [2.24, 2.45) is 0 Å². The van der Waals surface area contributed by atoms with Gasteiger partial charge in [0.1, 0.15) is 11.9 Å². The van der Waals surface area contributed by atoms with Crippen LogP contribution in [0.5, 0.6) is 5.88 Å². The fourth-order valence-electron chi connectivity index (χ4n) is 1.38. The van der Waals surface area contributed by atoms with Crippen LogP contribution in [0.1, 0.15) is 18.6 Å². The van der Waals surface area contributed by atoms with Crippen LogP contribution in [0.2, 0.25) is 5.28 Å². The Balaban J connectivity index is 2.18. The minimum atomic E-state index is -0.701. The maximum absolute atomic E-state index is 13.3. The number of benzene rings is 1. The third-order valence-corrected chi connectivity index (χ3v) is 2.49. The Hall–Kier alpha value is -1.75. The first-order chi connectivity index (χ1) is 8.56. The SMILES string of the molecule is C[C@H](Oc1nc(Cl)ncc1F)c1ccc(F)cc1. The molecule has 6 heteroatoms. The van der Waals surface area contributed by atoms with E-state index in [1.807, 2.05) is 0 Å². The average Bonchev–Trinajstić information content (AvgIpc) is 2.34. The predicted octanol–water partition coefficient (Wildman–Crippen LogP) is 3.55. The van der Waals surface area contributed by atoms with Crippen molar-refractivity contribution < 1.29 is 13.5 Å². The highest BCUT2D eigenvalue weighted by molar-refractivity contribution is 6.28. The van der Waals surface area contributed by atoms with E-state index in [1.54, 1.807) is 19.1 Å². The maximum Gasteiger partial charge on any atom is 0.255 e. The summed E-state index contributed by atoms with van der Waals surface area (Å²) in [5, 5.41) is -0.0993. The lowest BCUT2D eigenvalue weighted by Gasteiger charge is -2.14. The van der Waals surface area contributed by atoms with Crippen LogP contribution in [-0.4, -0.2) is 9.97 Å². The lowest BCUT2D eigenvalue weighted by atomic mass is 10.1. The van der Waals surface area contributed by atoms with Crippen molar-refractivity contribution in [2.45, 2.75) is 13.0 Å². The van der Waals surface area contributed by atoms with Gasteiger partial charge in [-0.25, -0.2) is 9.37 Å². The normalized spacial score (nSPS) is 12.2. The van der Waals surface area contributed by atoms with Crippen LogP contribution < -0.4 is 4.74 Å². The van der Waals surface area contributed by atoms with E-state index in [0.29, 0.717) is 5.56 Å². The number of rotatable bonds is 3. The van der Waals surface area contributed by atoms with Gasteiger partial charge in [-0.05, 0) is 36.2 Å². The van der Waals surface area contributed by atoms with Gasteiger partial charge in [0, 0.05) is 0 Å². The second-order valence-corrected chi connectivity index (χ2v) is 3.94. The number of aromatic nitrogens is 2. The van der Waals surface area contributed by atoms with Crippen LogP contribution in [0.25, 0.3) is 0 Å². The molecule has 0 bridgehead atoms. The number of ether oxygens (including phenoxy) is 1. The molecule has 3 nitrogen and oxygen atoms in total. The third kappa shape index (κ3) is 2.92. The van der Waals surface area contributed by atoms with Crippen LogP contribution >= 0.6 is 11.6 Å². The summed E-state index contributed by atoms with van der Waals surface area (Å²) in [6.45, 7) is 1.70. The molecule has 0 saturated heterocycles. The highest BCUT2D eigenvalue weighted by Gasteiger charge is 2.13. The van der Waals surface area contributed by atoms with E-state index in [2.05, 4.69) is 9.97 Å². The third-order valence-electron chi connectivity index (χ3n) is 2.31. The molecule has 0 aliphatic carbocycles. The molecule has 94 valence electrons. The summed E-state index contributed by atoms with van der Waals surface area (Å²) < 4.78 is 31.4. The minimum Gasteiger partial charge on any atom is -0.468 e. The lowest BCUT2D eigenvalue weighted by molar-refractivity contribution is 0.205. The predicted molar refractivity (Wildman–Crippen MR) is 62.4 cm³/mol. The largest absolute Gasteiger partial charge is 0.468 e. The first-order valence-electron chi connectivity index (χ1n) is 5.16. The molecule has 0 amide bonds. The van der Waals surface area contributed by atoms with Gasteiger partial charge in [0.25, 0.3) is 5.88 Å². The van der Waals surface area contributed by atoms with E-state index in [4.69, 9.17) is 16.3 Å². The van der Waals surface area contributed by atoms with Crippen molar-refractivity contribution in [1.82, 2.24) is 9.97 Å². The van der Waals surface area contributed by atoms with Gasteiger partial charge in [-0.2, -0.15) is 9.37 Å². The van der Waals surface area contributed by atoms with Crippen molar-refractivity contribution in [1.29, 1.82) is 0 Å². The highest BCUT2D eigenvalue weighted by Crippen LogP contribution is 2.23. The molecule has 0 aliphatic heterocycles. The lowest BCUT2D eigenvalue weighted by Crippen LogP contribution is -2.06. The molecule has 2 rings (SSSR count). The Morgan fingerprint density at radius 1 is 1.22 bits per heavy atom. The molecule has 1 aromatic heterocycles. The summed E-state index contributed by atoms with van der Waals surface area (Å²) in [5.74, 6) is -1.28. The number of halogens is 3. The zero-order valence-corrected chi connectivity index (χ0v) is 10.2. The van der Waals surface area contributed by atoms with Crippen LogP contribution in [0.15, 0.2) is 30.5 Å². The molecule has 2 aromatic rings. The molecule has 0 fully saturated rings. The Bertz CT molecular complexity index is 548. The molecule has 1 atom stereocenters. The van der Waals surface area contributed by atoms with Gasteiger partial charge in [-0.15, -0.1) is 0 Å². The first kappa shape index (κ1) is 12.7. The number of nitrogens with zero attached hydrogens (tertiary/aromatic N) is 2. The molecule has 0 unspecified atom stereocenters. The maximum atomic E-state index is 13.3. The topological polar surface area (TPSA) is 35.0 Å². The summed E-state index contributed by atoms with van der Waals surface area (Å²) in [6, 6.07) is 5.72. The van der Waals surface area contributed by atoms with E-state index < -0.39 is 11.9 Å². The molecule has 18 heavy (non-hydrogen) atoms. The Morgan fingerprint density at radius 2 is 1.89 bits per heavy atom. The molecule has 0 saturated carbocycles. The fourth-order valence-corrected chi connectivity index (χ4v) is 1.51. The zero-order valence-electron chi connectivity index (χ0n) is 9.40. The second-order valence-electron chi connectivity index (χ2n) is 3.60. The van der Waals surface area contributed by atoms with Gasteiger partial charge < -0.3 is 4.74 Å². The van der Waals surface area contributed by atoms with E-state index >= 15 is 0 Å². The van der Waals surface area contributed by atoms with Crippen molar-refractivity contribution in [3.63, 3.8) is 0 Å². The summed E-state index contributed by atoms with van der Waals surface area (Å²) >= 11 is 5.55. The van der Waals surface area contributed by atoms with Crippen LogP contribution in [0, 0.1) is 11.6 Å². The first-order valence-corrected chi connectivity index (χ1v) is 5.54. The van der Waals surface area contributed by atoms with Gasteiger partial charge in [0.2, 0.25) is 11.1 Å². The van der Waals surface area contributed by atoms with Crippen molar-refractivity contribution >= 4 is 11.6 Å². The molecule has 0 aliphatic rings. The molecular formula is C12H9ClF2N2O. The van der Waals surface area contributed by atoms with Gasteiger partial charge in [0.05, 0.1) is 6.20 Å².